The van der Waals surface area contributed by atoms with Crippen molar-refractivity contribution in [2.45, 2.75) is 77.0 Å². The molecule has 0 saturated carbocycles. The van der Waals surface area contributed by atoms with Crippen LogP contribution in [0.25, 0.3) is 0 Å². The first kappa shape index (κ1) is 29.5. The Balaban J connectivity index is 0.00000304. The molecule has 4 fully saturated rings. The molecule has 1 aromatic rings. The average Bonchev–Trinajstić information content (AvgIpc) is 2.94. The van der Waals surface area contributed by atoms with Crippen LogP contribution in [-0.2, 0) is 19.2 Å². The zero-order valence-electron chi connectivity index (χ0n) is 21.8. The Labute approximate surface area is 239 Å². The summed E-state index contributed by atoms with van der Waals surface area (Å²) in [6.45, 7) is 9.91. The fraction of sp³-hybridized carbons (Fsp3) is 0.769. The Kier molecular flexibility index (Phi) is 12.5. The summed E-state index contributed by atoms with van der Waals surface area (Å²) < 4.78 is 12.3. The predicted octanol–water partition coefficient (Wildman–Crippen LogP) is 3.08. The van der Waals surface area contributed by atoms with E-state index in [9.17, 15) is 0 Å². The minimum absolute atomic E-state index is 0. The molecule has 2 N–H and O–H groups in total. The molecular formula is C26H45ClN6P2Pd. The maximum atomic E-state index is 4.08. The number of nitrogens with one attached hydrogen (secondary N) is 2. The summed E-state index contributed by atoms with van der Waals surface area (Å²) in [5.41, 5.74) is 2.54. The van der Waals surface area contributed by atoms with Gasteiger partial charge in [-0.15, -0.1) is 0 Å². The van der Waals surface area contributed by atoms with Crippen LogP contribution >= 0.6 is 16.7 Å². The van der Waals surface area contributed by atoms with Crippen molar-refractivity contribution < 1.29 is 31.6 Å². The summed E-state index contributed by atoms with van der Waals surface area (Å²) in [7, 11) is -0.994. The first-order chi connectivity index (χ1) is 17.3. The third kappa shape index (κ3) is 7.78. The van der Waals surface area contributed by atoms with E-state index in [0.29, 0.717) is 0 Å². The number of nitrogens with zero attached hydrogens (tertiary/aromatic N) is 4. The fourth-order valence-corrected chi connectivity index (χ4v) is 11.3. The molecule has 5 rings (SSSR count). The maximum absolute atomic E-state index is 4.08. The average molecular weight is 646 g/mol. The summed E-state index contributed by atoms with van der Waals surface area (Å²) in [4.78, 5) is 0. The van der Waals surface area contributed by atoms with Gasteiger partial charge in [0.2, 0.25) is 0 Å². The van der Waals surface area contributed by atoms with Gasteiger partial charge >= 0.3 is 228 Å². The van der Waals surface area contributed by atoms with E-state index >= 15 is 0 Å². The van der Waals surface area contributed by atoms with Gasteiger partial charge in [0.1, 0.15) is 0 Å². The van der Waals surface area contributed by atoms with Gasteiger partial charge in [0.05, 0.1) is 0 Å². The Hall–Kier alpha value is 0.472. The van der Waals surface area contributed by atoms with Gasteiger partial charge in [0, 0.05) is 0 Å². The van der Waals surface area contributed by atoms with Crippen molar-refractivity contribution in [2.75, 3.05) is 62.5 Å². The number of piperidine rings is 4. The number of benzene rings is 1. The van der Waals surface area contributed by atoms with Gasteiger partial charge < -0.3 is 12.4 Å². The third-order valence-electron chi connectivity index (χ3n) is 7.81. The van der Waals surface area contributed by atoms with E-state index < -0.39 is 16.7 Å². The number of hydrogen-bond donors (Lipinski definition) is 2. The van der Waals surface area contributed by atoms with Crippen molar-refractivity contribution in [3.8, 4) is 0 Å². The number of rotatable bonds is 8. The molecule has 1 aromatic carbocycles. The summed E-state index contributed by atoms with van der Waals surface area (Å²) >= 11 is 3.71. The fourth-order valence-electron chi connectivity index (χ4n) is 5.81. The molecule has 4 aliphatic rings. The standard InChI is InChI=1S/C26H45N6P2.ClH.Pd/c1-5-16-29(17-6-1)33(30-18-7-2-8-19-30)27-25-14-13-15-26(24-25)28-34(31-20-9-3-10-21-31)32-22-11-4-12-23-32;;/h13-15,27-28H,1-12,16-23H2;1H;/q;;+1/p-1. The van der Waals surface area contributed by atoms with Crippen LogP contribution in [0.1, 0.15) is 77.0 Å². The van der Waals surface area contributed by atoms with Gasteiger partial charge in [-0.3, -0.25) is 0 Å². The molecule has 0 radical (unpaired) electrons. The van der Waals surface area contributed by atoms with E-state index in [2.05, 4.69) is 66.3 Å². The van der Waals surface area contributed by atoms with Gasteiger partial charge in [-0.05, 0) is 0 Å². The van der Waals surface area contributed by atoms with Crippen molar-refractivity contribution in [2.24, 2.45) is 0 Å². The zero-order valence-corrected chi connectivity index (χ0v) is 25.9. The van der Waals surface area contributed by atoms with Crippen molar-refractivity contribution in [3.63, 3.8) is 0 Å². The van der Waals surface area contributed by atoms with E-state index in [-0.39, 0.29) is 12.4 Å². The zero-order chi connectivity index (χ0) is 23.9. The van der Waals surface area contributed by atoms with E-state index in [0.717, 1.165) is 0 Å². The molecule has 36 heavy (non-hydrogen) atoms. The molecule has 4 saturated heterocycles. The Bertz CT molecular complexity index is 687. The van der Waals surface area contributed by atoms with Crippen molar-refractivity contribution in [1.82, 2.24) is 18.7 Å². The van der Waals surface area contributed by atoms with Gasteiger partial charge in [-0.25, -0.2) is 0 Å². The van der Waals surface area contributed by atoms with Crippen LogP contribution in [-0.4, -0.2) is 71.0 Å². The van der Waals surface area contributed by atoms with Crippen LogP contribution in [0.5, 0.6) is 0 Å². The molecule has 6 nitrogen and oxygen atoms in total. The van der Waals surface area contributed by atoms with Crippen molar-refractivity contribution in [1.29, 1.82) is 0 Å². The van der Waals surface area contributed by atoms with Crippen LogP contribution < -0.4 is 26.6 Å². The molecule has 0 aromatic heterocycles. The SMILES string of the molecule is [Cl-].[Pd+][c]1c(NP(N2CCCCC2)N2CCCCC2)cccc1NP(N1CCCCC1)N1CCCCC1. The molecule has 0 spiro atoms. The van der Waals surface area contributed by atoms with Crippen molar-refractivity contribution in [3.05, 3.63) is 18.2 Å². The van der Waals surface area contributed by atoms with Gasteiger partial charge in [-0.2, -0.15) is 0 Å². The Morgan fingerprint density at radius 3 is 1.06 bits per heavy atom. The predicted molar refractivity (Wildman–Crippen MR) is 149 cm³/mol. The monoisotopic (exact) mass is 644 g/mol. The van der Waals surface area contributed by atoms with Crippen LogP contribution in [0.3, 0.4) is 0 Å². The third-order valence-corrected chi connectivity index (χ3v) is 13.3. The molecule has 4 heterocycles. The first-order valence-corrected chi connectivity index (χ1v) is 17.5. The molecule has 0 bridgehead atoms. The van der Waals surface area contributed by atoms with Crippen LogP contribution in [0, 0.1) is 0 Å². The summed E-state index contributed by atoms with van der Waals surface area (Å²) in [6, 6.07) is 6.83. The number of halogens is 1. The summed E-state index contributed by atoms with van der Waals surface area (Å²) in [5.74, 6) is 0. The van der Waals surface area contributed by atoms with Crippen LogP contribution in [0.15, 0.2) is 18.2 Å². The quantitative estimate of drug-likeness (QED) is 0.335. The molecule has 0 aliphatic carbocycles. The summed E-state index contributed by atoms with van der Waals surface area (Å²) in [6.07, 6.45) is 16.3. The second-order valence-corrected chi connectivity index (χ2v) is 15.1. The molecular weight excluding hydrogens is 600 g/mol. The molecule has 0 atom stereocenters. The first-order valence-electron chi connectivity index (χ1n) is 14.2. The van der Waals surface area contributed by atoms with E-state index in [1.807, 2.05) is 0 Å². The van der Waals surface area contributed by atoms with E-state index in [1.54, 1.807) is 0 Å². The number of hydrogen-bond acceptors (Lipinski definition) is 6. The summed E-state index contributed by atoms with van der Waals surface area (Å²) in [5, 5.41) is 8.16. The molecule has 206 valence electrons. The topological polar surface area (TPSA) is 37.0 Å². The Morgan fingerprint density at radius 2 is 0.778 bits per heavy atom. The Morgan fingerprint density at radius 1 is 0.500 bits per heavy atom. The molecule has 0 amide bonds. The minimum atomic E-state index is -0.497. The van der Waals surface area contributed by atoms with Crippen LogP contribution in [0.2, 0.25) is 0 Å². The van der Waals surface area contributed by atoms with Gasteiger partial charge in [0.15, 0.2) is 0 Å². The molecule has 10 heteroatoms. The van der Waals surface area contributed by atoms with Gasteiger partial charge in [-0.1, -0.05) is 0 Å². The normalized spacial score (nSPS) is 23.6. The molecule has 4 aliphatic heterocycles. The van der Waals surface area contributed by atoms with E-state index in [1.165, 1.54) is 145 Å². The second kappa shape index (κ2) is 15.3. The van der Waals surface area contributed by atoms with E-state index in [4.69, 9.17) is 0 Å². The van der Waals surface area contributed by atoms with Crippen molar-refractivity contribution >= 4 is 32.2 Å². The van der Waals surface area contributed by atoms with Crippen LogP contribution in [0.4, 0.5) is 11.4 Å². The number of anilines is 2. The second-order valence-electron chi connectivity index (χ2n) is 10.5. The molecule has 0 unspecified atom stereocenters. The van der Waals surface area contributed by atoms with Gasteiger partial charge in [0.25, 0.3) is 0 Å².